The molecule has 7 nitrogen and oxygen atoms in total. The van der Waals surface area contributed by atoms with Crippen LogP contribution in [0.5, 0.6) is 0 Å². The Balaban J connectivity index is 1.77. The van der Waals surface area contributed by atoms with E-state index in [1.165, 1.54) is 21.9 Å². The molecule has 0 aliphatic heterocycles. The number of aryl methyl sites for hydroxylation is 1. The Morgan fingerprint density at radius 2 is 2.25 bits per heavy atom. The van der Waals surface area contributed by atoms with E-state index in [4.69, 9.17) is 0 Å². The third kappa shape index (κ3) is 4.89. The highest BCUT2D eigenvalue weighted by Gasteiger charge is 2.09. The van der Waals surface area contributed by atoms with E-state index in [2.05, 4.69) is 52.5 Å². The second-order valence-corrected chi connectivity index (χ2v) is 6.37. The van der Waals surface area contributed by atoms with Crippen LogP contribution in [-0.2, 0) is 11.8 Å². The molecule has 1 heterocycles. The van der Waals surface area contributed by atoms with Gasteiger partial charge in [0.25, 0.3) is 0 Å². The van der Waals surface area contributed by atoms with Crippen molar-refractivity contribution in [2.45, 2.75) is 19.0 Å². The van der Waals surface area contributed by atoms with Gasteiger partial charge < -0.3 is 10.2 Å². The van der Waals surface area contributed by atoms with Crippen molar-refractivity contribution in [3.05, 3.63) is 40.3 Å². The number of amides is 1. The summed E-state index contributed by atoms with van der Waals surface area (Å²) in [5, 5.41) is 9.61. The molecule has 130 valence electrons. The number of H-pyrrole nitrogens is 1. The summed E-state index contributed by atoms with van der Waals surface area (Å²) in [5.74, 6) is 0.157. The van der Waals surface area contributed by atoms with Crippen LogP contribution in [-0.4, -0.2) is 46.1 Å². The SMILES string of the molecule is CCN(CCNC(=O)CSc1n[nH]c(=O)n1C)c1cccc(C)c1. The number of nitrogens with zero attached hydrogens (tertiary/aromatic N) is 3. The number of likely N-dealkylation sites (N-methyl/N-ethyl adjacent to an activating group) is 1. The minimum absolute atomic E-state index is 0.0734. The van der Waals surface area contributed by atoms with Gasteiger partial charge in [-0.2, -0.15) is 0 Å². The molecule has 0 aliphatic rings. The molecule has 0 unspecified atom stereocenters. The van der Waals surface area contributed by atoms with Gasteiger partial charge in [-0.05, 0) is 31.5 Å². The van der Waals surface area contributed by atoms with Crippen molar-refractivity contribution in [2.24, 2.45) is 7.05 Å². The van der Waals surface area contributed by atoms with E-state index in [1.54, 1.807) is 7.05 Å². The zero-order chi connectivity index (χ0) is 17.5. The molecular weight excluding hydrogens is 326 g/mol. The smallest absolute Gasteiger partial charge is 0.343 e. The highest BCUT2D eigenvalue weighted by atomic mass is 32.2. The largest absolute Gasteiger partial charge is 0.370 e. The van der Waals surface area contributed by atoms with Crippen LogP contribution in [0.15, 0.2) is 34.2 Å². The van der Waals surface area contributed by atoms with E-state index < -0.39 is 0 Å². The molecule has 0 spiro atoms. The van der Waals surface area contributed by atoms with Crippen LogP contribution >= 0.6 is 11.8 Å². The van der Waals surface area contributed by atoms with Gasteiger partial charge >= 0.3 is 5.69 Å². The Bertz CT molecular complexity index is 740. The van der Waals surface area contributed by atoms with E-state index in [1.807, 2.05) is 6.07 Å². The van der Waals surface area contributed by atoms with E-state index in [0.29, 0.717) is 11.7 Å². The number of aromatic nitrogens is 3. The molecular formula is C16H23N5O2S. The van der Waals surface area contributed by atoms with Crippen LogP contribution in [0.4, 0.5) is 5.69 Å². The Labute approximate surface area is 145 Å². The Kier molecular flexibility index (Phi) is 6.48. The van der Waals surface area contributed by atoms with Gasteiger partial charge in [0.05, 0.1) is 5.75 Å². The molecule has 0 saturated heterocycles. The number of carbonyl (C=O) groups is 1. The lowest BCUT2D eigenvalue weighted by Gasteiger charge is -2.23. The van der Waals surface area contributed by atoms with E-state index in [0.717, 1.165) is 18.8 Å². The number of aromatic amines is 1. The molecule has 1 aromatic heterocycles. The third-order valence-electron chi connectivity index (χ3n) is 3.62. The van der Waals surface area contributed by atoms with Crippen LogP contribution in [0, 0.1) is 6.92 Å². The van der Waals surface area contributed by atoms with E-state index in [9.17, 15) is 9.59 Å². The number of rotatable bonds is 8. The maximum Gasteiger partial charge on any atom is 0.343 e. The van der Waals surface area contributed by atoms with Crippen molar-refractivity contribution >= 4 is 23.4 Å². The standard InChI is InChI=1S/C16H23N5O2S/c1-4-21(13-7-5-6-12(2)10-13)9-8-17-14(22)11-24-16-19-18-15(23)20(16)3/h5-7,10H,4,8-9,11H2,1-3H3,(H,17,22)(H,18,23). The van der Waals surface area contributed by atoms with Crippen molar-refractivity contribution in [1.29, 1.82) is 0 Å². The van der Waals surface area contributed by atoms with E-state index in [-0.39, 0.29) is 17.3 Å². The molecule has 0 bridgehead atoms. The van der Waals surface area contributed by atoms with Crippen LogP contribution in [0.3, 0.4) is 0 Å². The summed E-state index contributed by atoms with van der Waals surface area (Å²) < 4.78 is 1.38. The zero-order valence-corrected chi connectivity index (χ0v) is 15.0. The minimum atomic E-state index is -0.283. The van der Waals surface area contributed by atoms with Gasteiger partial charge in [-0.25, -0.2) is 9.89 Å². The fourth-order valence-electron chi connectivity index (χ4n) is 2.27. The molecule has 0 atom stereocenters. The van der Waals surface area contributed by atoms with Gasteiger partial charge in [0, 0.05) is 32.4 Å². The van der Waals surface area contributed by atoms with Crippen molar-refractivity contribution in [1.82, 2.24) is 20.1 Å². The highest BCUT2D eigenvalue weighted by molar-refractivity contribution is 7.99. The van der Waals surface area contributed by atoms with Crippen LogP contribution in [0.2, 0.25) is 0 Å². The number of hydrogen-bond acceptors (Lipinski definition) is 5. The first-order chi connectivity index (χ1) is 11.5. The second-order valence-electron chi connectivity index (χ2n) is 5.43. The summed E-state index contributed by atoms with van der Waals surface area (Å²) in [6, 6.07) is 8.32. The molecule has 8 heteroatoms. The summed E-state index contributed by atoms with van der Waals surface area (Å²) in [6.45, 7) is 6.36. The summed E-state index contributed by atoms with van der Waals surface area (Å²) >= 11 is 1.23. The Morgan fingerprint density at radius 1 is 1.46 bits per heavy atom. The normalized spacial score (nSPS) is 10.6. The molecule has 24 heavy (non-hydrogen) atoms. The fourth-order valence-corrected chi connectivity index (χ4v) is 3.02. The Hall–Kier alpha value is -2.22. The maximum absolute atomic E-state index is 11.9. The first-order valence-electron chi connectivity index (χ1n) is 7.83. The van der Waals surface area contributed by atoms with Gasteiger partial charge in [-0.3, -0.25) is 9.36 Å². The second kappa shape index (κ2) is 8.58. The topological polar surface area (TPSA) is 83.0 Å². The molecule has 1 amide bonds. The third-order valence-corrected chi connectivity index (χ3v) is 4.65. The molecule has 1 aromatic carbocycles. The molecule has 0 saturated carbocycles. The van der Waals surface area contributed by atoms with Gasteiger partial charge in [0.15, 0.2) is 5.16 Å². The van der Waals surface area contributed by atoms with Crippen molar-refractivity contribution < 1.29 is 4.79 Å². The summed E-state index contributed by atoms with van der Waals surface area (Å²) in [7, 11) is 1.62. The first kappa shape index (κ1) is 18.1. The fraction of sp³-hybridized carbons (Fsp3) is 0.438. The van der Waals surface area contributed by atoms with Crippen LogP contribution in [0.25, 0.3) is 0 Å². The lowest BCUT2D eigenvalue weighted by Crippen LogP contribution is -2.35. The van der Waals surface area contributed by atoms with Crippen LogP contribution in [0.1, 0.15) is 12.5 Å². The maximum atomic E-state index is 11.9. The number of anilines is 1. The quantitative estimate of drug-likeness (QED) is 0.699. The predicted molar refractivity (Wildman–Crippen MR) is 96.6 cm³/mol. The monoisotopic (exact) mass is 349 g/mol. The lowest BCUT2D eigenvalue weighted by molar-refractivity contribution is -0.118. The first-order valence-corrected chi connectivity index (χ1v) is 8.82. The molecule has 0 fully saturated rings. The van der Waals surface area contributed by atoms with Gasteiger partial charge in [-0.15, -0.1) is 5.10 Å². The molecule has 0 aliphatic carbocycles. The summed E-state index contributed by atoms with van der Waals surface area (Å²) in [4.78, 5) is 25.4. The summed E-state index contributed by atoms with van der Waals surface area (Å²) in [5.41, 5.74) is 2.10. The number of thioether (sulfide) groups is 1. The highest BCUT2D eigenvalue weighted by Crippen LogP contribution is 2.15. The van der Waals surface area contributed by atoms with E-state index >= 15 is 0 Å². The molecule has 0 radical (unpaired) electrons. The van der Waals surface area contributed by atoms with Crippen molar-refractivity contribution in [3.8, 4) is 0 Å². The van der Waals surface area contributed by atoms with Gasteiger partial charge in [0.2, 0.25) is 5.91 Å². The van der Waals surface area contributed by atoms with Gasteiger partial charge in [-0.1, -0.05) is 23.9 Å². The number of carbonyl (C=O) groups excluding carboxylic acids is 1. The van der Waals surface area contributed by atoms with Crippen molar-refractivity contribution in [2.75, 3.05) is 30.3 Å². The average molecular weight is 349 g/mol. The summed E-state index contributed by atoms with van der Waals surface area (Å²) in [6.07, 6.45) is 0. The van der Waals surface area contributed by atoms with Crippen LogP contribution < -0.4 is 15.9 Å². The average Bonchev–Trinajstić information content (AvgIpc) is 2.88. The predicted octanol–water partition coefficient (Wildman–Crippen LogP) is 1.15. The van der Waals surface area contributed by atoms with Crippen molar-refractivity contribution in [3.63, 3.8) is 0 Å². The molecule has 2 aromatic rings. The Morgan fingerprint density at radius 3 is 2.88 bits per heavy atom. The minimum Gasteiger partial charge on any atom is -0.370 e. The van der Waals surface area contributed by atoms with Gasteiger partial charge in [0.1, 0.15) is 0 Å². The number of hydrogen-bond donors (Lipinski definition) is 2. The molecule has 2 N–H and O–H groups in total. The lowest BCUT2D eigenvalue weighted by atomic mass is 10.2. The molecule has 2 rings (SSSR count). The number of benzene rings is 1. The number of nitrogens with one attached hydrogen (secondary N) is 2. The zero-order valence-electron chi connectivity index (χ0n) is 14.2.